The van der Waals surface area contributed by atoms with Crippen molar-refractivity contribution in [2.45, 2.75) is 0 Å². The van der Waals surface area contributed by atoms with Crippen LogP contribution in [0.15, 0.2) is 28.1 Å². The summed E-state index contributed by atoms with van der Waals surface area (Å²) >= 11 is 9.67. The smallest absolute Gasteiger partial charge is 0.228 e. The van der Waals surface area contributed by atoms with E-state index in [0.29, 0.717) is 22.0 Å². The van der Waals surface area contributed by atoms with Crippen LogP contribution in [-0.2, 0) is 11.2 Å². The Kier molecular flexibility index (Phi) is 4.61. The Balaban J connectivity index is 2.26. The summed E-state index contributed by atoms with van der Waals surface area (Å²) in [7, 11) is 0. The average molecular weight is 418 g/mol. The highest BCUT2D eigenvalue weighted by Gasteiger charge is 2.23. The molecule has 1 aromatic carbocycles. The Bertz CT molecular complexity index is 846. The lowest BCUT2D eigenvalue weighted by Crippen LogP contribution is -2.15. The number of rotatable bonds is 4. The molecule has 1 unspecified atom stereocenters. The van der Waals surface area contributed by atoms with E-state index in [1.54, 1.807) is 6.07 Å². The molecule has 8 heteroatoms. The Labute approximate surface area is 147 Å². The van der Waals surface area contributed by atoms with Crippen molar-refractivity contribution in [3.8, 4) is 11.3 Å². The first-order chi connectivity index (χ1) is 10.5. The minimum Gasteiger partial charge on any atom is -0.616 e. The SMILES string of the molecule is C[S+]([O-])CC(=O)c1[nH]c2cc(Br)c(Cl)cc2c1-c1ccsn1. The molecule has 2 heterocycles. The second kappa shape index (κ2) is 6.33. The van der Waals surface area contributed by atoms with Gasteiger partial charge in [-0.05, 0) is 56.8 Å². The highest BCUT2D eigenvalue weighted by molar-refractivity contribution is 9.10. The number of H-pyrrole nitrogens is 1. The Morgan fingerprint density at radius 3 is 2.95 bits per heavy atom. The van der Waals surface area contributed by atoms with Crippen molar-refractivity contribution in [3.05, 3.63) is 38.8 Å². The van der Waals surface area contributed by atoms with Crippen molar-refractivity contribution in [2.24, 2.45) is 0 Å². The van der Waals surface area contributed by atoms with Gasteiger partial charge in [-0.2, -0.15) is 4.37 Å². The van der Waals surface area contributed by atoms with Crippen LogP contribution < -0.4 is 0 Å². The third kappa shape index (κ3) is 2.96. The maximum Gasteiger partial charge on any atom is 0.228 e. The standard InChI is InChI=1S/C14H10BrClN2O2S2/c1-22(20)6-12(19)14-13(10-2-3-21-18-10)7-4-9(16)8(15)5-11(7)17-14/h2-5,17H,6H2,1H3. The molecule has 1 atom stereocenters. The predicted octanol–water partition coefficient (Wildman–Crippen LogP) is 4.27. The van der Waals surface area contributed by atoms with E-state index >= 15 is 0 Å². The molecule has 0 saturated carbocycles. The van der Waals surface area contributed by atoms with Gasteiger partial charge in [-0.15, -0.1) is 0 Å². The molecule has 0 saturated heterocycles. The van der Waals surface area contributed by atoms with E-state index in [2.05, 4.69) is 25.3 Å². The van der Waals surface area contributed by atoms with Crippen LogP contribution in [0.1, 0.15) is 10.5 Å². The van der Waals surface area contributed by atoms with Crippen LogP contribution in [0.25, 0.3) is 22.2 Å². The first-order valence-corrected chi connectivity index (χ1v) is 9.95. The van der Waals surface area contributed by atoms with Gasteiger partial charge in [0, 0.05) is 26.3 Å². The monoisotopic (exact) mass is 416 g/mol. The van der Waals surface area contributed by atoms with Crippen LogP contribution in [0.3, 0.4) is 0 Å². The summed E-state index contributed by atoms with van der Waals surface area (Å²) in [5, 5.41) is 3.23. The van der Waals surface area contributed by atoms with Gasteiger partial charge in [-0.25, -0.2) is 0 Å². The molecule has 1 N–H and O–H groups in total. The largest absolute Gasteiger partial charge is 0.616 e. The molecule has 0 radical (unpaired) electrons. The molecule has 0 amide bonds. The first kappa shape index (κ1) is 16.0. The number of nitrogens with one attached hydrogen (secondary N) is 1. The molecule has 0 fully saturated rings. The first-order valence-electron chi connectivity index (χ1n) is 6.22. The predicted molar refractivity (Wildman–Crippen MR) is 95.4 cm³/mol. The zero-order chi connectivity index (χ0) is 15.9. The zero-order valence-corrected chi connectivity index (χ0v) is 15.3. The molecule has 4 nitrogen and oxygen atoms in total. The van der Waals surface area contributed by atoms with Gasteiger partial charge in [0.15, 0.2) is 5.75 Å². The van der Waals surface area contributed by atoms with Gasteiger partial charge in [0.25, 0.3) is 0 Å². The molecular weight excluding hydrogens is 408 g/mol. The van der Waals surface area contributed by atoms with E-state index in [1.165, 1.54) is 17.8 Å². The number of Topliss-reactive ketones (excluding diaryl/α,β-unsaturated/α-hetero) is 1. The number of ketones is 1. The highest BCUT2D eigenvalue weighted by atomic mass is 79.9. The fourth-order valence-electron chi connectivity index (χ4n) is 2.26. The number of aromatic amines is 1. The van der Waals surface area contributed by atoms with Crippen molar-refractivity contribution < 1.29 is 9.35 Å². The summed E-state index contributed by atoms with van der Waals surface area (Å²) < 4.78 is 16.4. The van der Waals surface area contributed by atoms with Gasteiger partial charge in [-0.1, -0.05) is 11.6 Å². The molecule has 2 aromatic heterocycles. The number of nitrogens with zero attached hydrogens (tertiary/aromatic N) is 1. The van der Waals surface area contributed by atoms with E-state index in [9.17, 15) is 9.35 Å². The summed E-state index contributed by atoms with van der Waals surface area (Å²) in [6.07, 6.45) is 1.51. The number of carbonyl (C=O) groups is 1. The molecule has 22 heavy (non-hydrogen) atoms. The van der Waals surface area contributed by atoms with Crippen LogP contribution in [0.2, 0.25) is 5.02 Å². The van der Waals surface area contributed by atoms with E-state index in [1.807, 2.05) is 17.5 Å². The lowest BCUT2D eigenvalue weighted by molar-refractivity contribution is 0.101. The van der Waals surface area contributed by atoms with Crippen molar-refractivity contribution in [1.29, 1.82) is 0 Å². The van der Waals surface area contributed by atoms with Crippen molar-refractivity contribution in [3.63, 3.8) is 0 Å². The minimum atomic E-state index is -1.20. The fraction of sp³-hybridized carbons (Fsp3) is 0.143. The summed E-state index contributed by atoms with van der Waals surface area (Å²) in [4.78, 5) is 15.5. The van der Waals surface area contributed by atoms with Gasteiger partial charge < -0.3 is 9.54 Å². The Morgan fingerprint density at radius 2 is 2.32 bits per heavy atom. The van der Waals surface area contributed by atoms with E-state index < -0.39 is 11.2 Å². The van der Waals surface area contributed by atoms with Crippen LogP contribution in [0, 0.1) is 0 Å². The van der Waals surface area contributed by atoms with Crippen molar-refractivity contribution in [2.75, 3.05) is 12.0 Å². The molecule has 0 aliphatic rings. The highest BCUT2D eigenvalue weighted by Crippen LogP contribution is 2.37. The number of halogens is 2. The summed E-state index contributed by atoms with van der Waals surface area (Å²) in [5.41, 5.74) is 2.62. The third-order valence-electron chi connectivity index (χ3n) is 3.15. The van der Waals surface area contributed by atoms with Gasteiger partial charge in [-0.3, -0.25) is 4.79 Å². The number of aromatic nitrogens is 2. The number of fused-ring (bicyclic) bond motifs is 1. The molecular formula is C14H10BrClN2O2S2. The molecule has 0 aliphatic heterocycles. The van der Waals surface area contributed by atoms with E-state index in [-0.39, 0.29) is 11.5 Å². The maximum absolute atomic E-state index is 12.4. The Hall–Kier alpha value is -0.860. The lowest BCUT2D eigenvalue weighted by Gasteiger charge is -2.04. The lowest BCUT2D eigenvalue weighted by atomic mass is 10.1. The average Bonchev–Trinajstić information content (AvgIpc) is 3.05. The quantitative estimate of drug-likeness (QED) is 0.509. The van der Waals surface area contributed by atoms with Gasteiger partial charge in [0.2, 0.25) is 5.78 Å². The van der Waals surface area contributed by atoms with Gasteiger partial charge in [0.1, 0.15) is 0 Å². The number of hydrogen-bond donors (Lipinski definition) is 1. The molecule has 3 rings (SSSR count). The molecule has 3 aromatic rings. The van der Waals surface area contributed by atoms with Crippen molar-refractivity contribution in [1.82, 2.24) is 9.36 Å². The molecule has 0 aliphatic carbocycles. The topological polar surface area (TPSA) is 68.8 Å². The molecule has 0 bridgehead atoms. The summed E-state index contributed by atoms with van der Waals surface area (Å²) in [6, 6.07) is 5.47. The van der Waals surface area contributed by atoms with E-state index in [4.69, 9.17) is 11.6 Å². The van der Waals surface area contributed by atoms with Crippen LogP contribution in [0.4, 0.5) is 0 Å². The number of carbonyl (C=O) groups excluding carboxylic acids is 1. The van der Waals surface area contributed by atoms with Gasteiger partial charge in [0.05, 0.1) is 22.7 Å². The van der Waals surface area contributed by atoms with Crippen LogP contribution >= 0.6 is 39.1 Å². The maximum atomic E-state index is 12.4. The van der Waals surface area contributed by atoms with Crippen LogP contribution in [-0.4, -0.2) is 31.7 Å². The zero-order valence-electron chi connectivity index (χ0n) is 11.4. The third-order valence-corrected chi connectivity index (χ3v) is 5.57. The second-order valence-corrected chi connectivity index (χ2v) is 8.07. The molecule has 114 valence electrons. The molecule has 0 spiro atoms. The van der Waals surface area contributed by atoms with Crippen molar-refractivity contribution >= 4 is 66.9 Å². The second-order valence-electron chi connectivity index (χ2n) is 4.71. The fourth-order valence-corrected chi connectivity index (χ4v) is 3.80. The Morgan fingerprint density at radius 1 is 1.55 bits per heavy atom. The summed E-state index contributed by atoms with van der Waals surface area (Å²) in [5.74, 6) is -0.231. The van der Waals surface area contributed by atoms with E-state index in [0.717, 1.165) is 15.4 Å². The normalized spacial score (nSPS) is 12.7. The minimum absolute atomic E-state index is 0.0289. The summed E-state index contributed by atoms with van der Waals surface area (Å²) in [6.45, 7) is 0. The van der Waals surface area contributed by atoms with Gasteiger partial charge >= 0.3 is 0 Å². The number of hydrogen-bond acceptors (Lipinski definition) is 4. The van der Waals surface area contributed by atoms with Crippen LogP contribution in [0.5, 0.6) is 0 Å². The number of benzene rings is 1.